The molecular formula is C15H26N2S. The van der Waals surface area contributed by atoms with Gasteiger partial charge in [-0.3, -0.25) is 4.90 Å². The predicted octanol–water partition coefficient (Wildman–Crippen LogP) is 3.45. The van der Waals surface area contributed by atoms with E-state index in [1.807, 2.05) is 11.3 Å². The zero-order valence-corrected chi connectivity index (χ0v) is 12.6. The second-order valence-electron chi connectivity index (χ2n) is 5.10. The minimum Gasteiger partial charge on any atom is -0.314 e. The Morgan fingerprint density at radius 1 is 1.28 bits per heavy atom. The third kappa shape index (κ3) is 3.56. The first-order chi connectivity index (χ1) is 8.85. The summed E-state index contributed by atoms with van der Waals surface area (Å²) < 4.78 is 0. The smallest absolute Gasteiger partial charge is 0.0442 e. The van der Waals surface area contributed by atoms with E-state index < -0.39 is 0 Å². The summed E-state index contributed by atoms with van der Waals surface area (Å²) in [5.74, 6) is 0. The first-order valence-electron chi connectivity index (χ1n) is 7.38. The Morgan fingerprint density at radius 3 is 2.67 bits per heavy atom. The average Bonchev–Trinajstić information content (AvgIpc) is 2.89. The zero-order chi connectivity index (χ0) is 12.8. The molecule has 0 spiro atoms. The summed E-state index contributed by atoms with van der Waals surface area (Å²) in [6.07, 6.45) is 5.13. The van der Waals surface area contributed by atoms with Crippen molar-refractivity contribution in [1.82, 2.24) is 10.2 Å². The third-order valence-electron chi connectivity index (χ3n) is 3.78. The van der Waals surface area contributed by atoms with Crippen LogP contribution < -0.4 is 5.32 Å². The molecule has 1 aliphatic heterocycles. The first-order valence-corrected chi connectivity index (χ1v) is 8.20. The van der Waals surface area contributed by atoms with Gasteiger partial charge in [0.2, 0.25) is 0 Å². The van der Waals surface area contributed by atoms with Gasteiger partial charge in [0.1, 0.15) is 0 Å². The van der Waals surface area contributed by atoms with Crippen LogP contribution in [0.4, 0.5) is 0 Å². The fourth-order valence-electron chi connectivity index (χ4n) is 2.66. The molecule has 1 unspecified atom stereocenters. The van der Waals surface area contributed by atoms with E-state index in [0.29, 0.717) is 6.04 Å². The summed E-state index contributed by atoms with van der Waals surface area (Å²) in [5, 5.41) is 3.46. The highest BCUT2D eigenvalue weighted by Gasteiger charge is 2.22. The Balaban J connectivity index is 2.07. The molecule has 3 heteroatoms. The third-order valence-corrected chi connectivity index (χ3v) is 5.11. The van der Waals surface area contributed by atoms with Gasteiger partial charge in [-0.15, -0.1) is 11.3 Å². The highest BCUT2D eigenvalue weighted by molar-refractivity contribution is 7.12. The highest BCUT2D eigenvalue weighted by atomic mass is 32.1. The lowest BCUT2D eigenvalue weighted by atomic mass is 10.1. The molecule has 0 radical (unpaired) electrons. The van der Waals surface area contributed by atoms with Crippen molar-refractivity contribution < 1.29 is 0 Å². The van der Waals surface area contributed by atoms with Crippen LogP contribution in [0.5, 0.6) is 0 Å². The summed E-state index contributed by atoms with van der Waals surface area (Å²) in [6, 6.07) is 5.35. The van der Waals surface area contributed by atoms with Crippen LogP contribution in [0.25, 0.3) is 0 Å². The first kappa shape index (κ1) is 14.0. The Kier molecular flexibility index (Phi) is 5.67. The molecule has 1 saturated heterocycles. The van der Waals surface area contributed by atoms with Gasteiger partial charge in [0.15, 0.2) is 0 Å². The molecular weight excluding hydrogens is 240 g/mol. The van der Waals surface area contributed by atoms with Crippen LogP contribution >= 0.6 is 11.3 Å². The molecule has 2 rings (SSSR count). The van der Waals surface area contributed by atoms with Crippen LogP contribution in [0.3, 0.4) is 0 Å². The molecule has 1 N–H and O–H groups in total. The molecule has 1 fully saturated rings. The monoisotopic (exact) mass is 266 g/mol. The van der Waals surface area contributed by atoms with E-state index in [1.165, 1.54) is 43.6 Å². The fourth-order valence-corrected chi connectivity index (χ4v) is 3.78. The van der Waals surface area contributed by atoms with Gasteiger partial charge in [-0.2, -0.15) is 0 Å². The maximum atomic E-state index is 3.46. The molecule has 102 valence electrons. The van der Waals surface area contributed by atoms with Gasteiger partial charge < -0.3 is 5.32 Å². The van der Waals surface area contributed by atoms with Gasteiger partial charge in [0, 0.05) is 42.0 Å². The quantitative estimate of drug-likeness (QED) is 0.848. The van der Waals surface area contributed by atoms with Crippen molar-refractivity contribution >= 4 is 11.3 Å². The second-order valence-corrected chi connectivity index (χ2v) is 6.30. The topological polar surface area (TPSA) is 15.3 Å². The number of hydrogen-bond donors (Lipinski definition) is 1. The van der Waals surface area contributed by atoms with Crippen LogP contribution in [-0.2, 0) is 6.42 Å². The second kappa shape index (κ2) is 7.27. The lowest BCUT2D eigenvalue weighted by molar-refractivity contribution is 0.165. The van der Waals surface area contributed by atoms with Crippen molar-refractivity contribution in [3.63, 3.8) is 0 Å². The SMILES string of the molecule is CCCCC(c1ccc(CC)s1)N1CCNCC1. The molecule has 1 aromatic rings. The summed E-state index contributed by atoms with van der Waals surface area (Å²) in [5.41, 5.74) is 0. The van der Waals surface area contributed by atoms with Gasteiger partial charge in [-0.05, 0) is 25.0 Å². The number of thiophene rings is 1. The minimum absolute atomic E-state index is 0.664. The Morgan fingerprint density at radius 2 is 2.06 bits per heavy atom. The maximum Gasteiger partial charge on any atom is 0.0442 e. The molecule has 2 heterocycles. The lowest BCUT2D eigenvalue weighted by Crippen LogP contribution is -2.45. The van der Waals surface area contributed by atoms with Crippen molar-refractivity contribution in [2.75, 3.05) is 26.2 Å². The van der Waals surface area contributed by atoms with E-state index in [4.69, 9.17) is 0 Å². The molecule has 0 bridgehead atoms. The van der Waals surface area contributed by atoms with Crippen molar-refractivity contribution in [1.29, 1.82) is 0 Å². The van der Waals surface area contributed by atoms with Gasteiger partial charge in [0.05, 0.1) is 0 Å². The summed E-state index contributed by atoms with van der Waals surface area (Å²) in [4.78, 5) is 5.79. The van der Waals surface area contributed by atoms with E-state index >= 15 is 0 Å². The summed E-state index contributed by atoms with van der Waals surface area (Å²) >= 11 is 2.02. The summed E-state index contributed by atoms with van der Waals surface area (Å²) in [6.45, 7) is 9.24. The molecule has 18 heavy (non-hydrogen) atoms. The minimum atomic E-state index is 0.664. The van der Waals surface area contributed by atoms with Crippen LogP contribution in [-0.4, -0.2) is 31.1 Å². The zero-order valence-electron chi connectivity index (χ0n) is 11.7. The van der Waals surface area contributed by atoms with Crippen LogP contribution in [0.2, 0.25) is 0 Å². The standard InChI is InChI=1S/C15H26N2S/c1-3-5-6-14(17-11-9-16-10-12-17)15-8-7-13(4-2)18-15/h7-8,14,16H,3-6,9-12H2,1-2H3. The van der Waals surface area contributed by atoms with Crippen LogP contribution in [0, 0.1) is 0 Å². The Hall–Kier alpha value is -0.380. The number of rotatable bonds is 6. The van der Waals surface area contributed by atoms with Gasteiger partial charge in [0.25, 0.3) is 0 Å². The largest absolute Gasteiger partial charge is 0.314 e. The van der Waals surface area contributed by atoms with Crippen molar-refractivity contribution in [3.8, 4) is 0 Å². The predicted molar refractivity (Wildman–Crippen MR) is 80.4 cm³/mol. The molecule has 0 saturated carbocycles. The van der Waals surface area contributed by atoms with E-state index in [-0.39, 0.29) is 0 Å². The number of nitrogens with one attached hydrogen (secondary N) is 1. The number of hydrogen-bond acceptors (Lipinski definition) is 3. The van der Waals surface area contributed by atoms with E-state index in [2.05, 4.69) is 36.2 Å². The average molecular weight is 266 g/mol. The molecule has 1 aromatic heterocycles. The van der Waals surface area contributed by atoms with Crippen molar-refractivity contribution in [2.45, 2.75) is 45.6 Å². The molecule has 1 atom stereocenters. The number of nitrogens with zero attached hydrogens (tertiary/aromatic N) is 1. The molecule has 0 aromatic carbocycles. The maximum absolute atomic E-state index is 3.46. The number of piperazine rings is 1. The van der Waals surface area contributed by atoms with Gasteiger partial charge >= 0.3 is 0 Å². The number of unbranched alkanes of at least 4 members (excludes halogenated alkanes) is 1. The Labute approximate surface area is 115 Å². The van der Waals surface area contributed by atoms with E-state index in [1.54, 1.807) is 4.88 Å². The number of aryl methyl sites for hydroxylation is 1. The van der Waals surface area contributed by atoms with Crippen molar-refractivity contribution in [3.05, 3.63) is 21.9 Å². The van der Waals surface area contributed by atoms with Gasteiger partial charge in [-0.1, -0.05) is 26.7 Å². The fraction of sp³-hybridized carbons (Fsp3) is 0.733. The molecule has 1 aliphatic rings. The molecule has 0 amide bonds. The van der Waals surface area contributed by atoms with E-state index in [9.17, 15) is 0 Å². The highest BCUT2D eigenvalue weighted by Crippen LogP contribution is 2.32. The van der Waals surface area contributed by atoms with Gasteiger partial charge in [-0.25, -0.2) is 0 Å². The van der Waals surface area contributed by atoms with Crippen molar-refractivity contribution in [2.24, 2.45) is 0 Å². The summed E-state index contributed by atoms with van der Waals surface area (Å²) in [7, 11) is 0. The van der Waals surface area contributed by atoms with Crippen LogP contribution in [0.15, 0.2) is 12.1 Å². The normalized spacial score (nSPS) is 19.0. The molecule has 0 aliphatic carbocycles. The molecule has 2 nitrogen and oxygen atoms in total. The Bertz CT molecular complexity index is 342. The lowest BCUT2D eigenvalue weighted by Gasteiger charge is -2.34. The van der Waals surface area contributed by atoms with E-state index in [0.717, 1.165) is 13.1 Å². The van der Waals surface area contributed by atoms with Crippen LogP contribution in [0.1, 0.15) is 48.9 Å².